The molecule has 0 bridgehead atoms. The molecule has 1 aliphatic heterocycles. The molecule has 0 atom stereocenters. The molecule has 0 aliphatic carbocycles. The predicted octanol–water partition coefficient (Wildman–Crippen LogP) is 3.05. The van der Waals surface area contributed by atoms with Crippen molar-refractivity contribution in [2.75, 3.05) is 36.4 Å². The van der Waals surface area contributed by atoms with Gasteiger partial charge < -0.3 is 15.1 Å². The Morgan fingerprint density at radius 2 is 1.64 bits per heavy atom. The SMILES string of the molecule is O=C(Nc1ccccc1[N+](=O)[O-])N1CCN(c2ccc3nnc(-c4ccccc4)n3n2)CC1. The highest BCUT2D eigenvalue weighted by molar-refractivity contribution is 5.92. The first-order valence-electron chi connectivity index (χ1n) is 10.4. The van der Waals surface area contributed by atoms with Crippen molar-refractivity contribution in [3.05, 3.63) is 76.8 Å². The second kappa shape index (κ2) is 8.54. The van der Waals surface area contributed by atoms with E-state index in [4.69, 9.17) is 5.10 Å². The van der Waals surface area contributed by atoms with Crippen molar-refractivity contribution in [1.82, 2.24) is 24.7 Å². The van der Waals surface area contributed by atoms with Crippen LogP contribution in [0.1, 0.15) is 0 Å². The first kappa shape index (κ1) is 20.4. The molecule has 33 heavy (non-hydrogen) atoms. The third kappa shape index (κ3) is 4.03. The number of para-hydroxylation sites is 2. The maximum atomic E-state index is 12.7. The number of nitro groups is 1. The third-order valence-corrected chi connectivity index (χ3v) is 5.51. The van der Waals surface area contributed by atoms with Crippen LogP contribution < -0.4 is 10.2 Å². The molecule has 2 aromatic heterocycles. The Kier molecular flexibility index (Phi) is 5.27. The number of hydrogen-bond donors (Lipinski definition) is 1. The van der Waals surface area contributed by atoms with Crippen molar-refractivity contribution in [1.29, 1.82) is 0 Å². The molecule has 0 unspecified atom stereocenters. The van der Waals surface area contributed by atoms with Gasteiger partial charge in [-0.3, -0.25) is 10.1 Å². The van der Waals surface area contributed by atoms with Gasteiger partial charge in [-0.2, -0.15) is 4.52 Å². The summed E-state index contributed by atoms with van der Waals surface area (Å²) in [7, 11) is 0. The number of amides is 2. The lowest BCUT2D eigenvalue weighted by atomic mass is 10.2. The number of aromatic nitrogens is 4. The molecule has 3 heterocycles. The number of carbonyl (C=O) groups excluding carboxylic acids is 1. The van der Waals surface area contributed by atoms with Gasteiger partial charge >= 0.3 is 6.03 Å². The van der Waals surface area contributed by atoms with E-state index in [1.54, 1.807) is 21.5 Å². The number of fused-ring (bicyclic) bond motifs is 1. The molecular weight excluding hydrogens is 424 g/mol. The normalized spacial score (nSPS) is 13.8. The van der Waals surface area contributed by atoms with Crippen molar-refractivity contribution in [3.63, 3.8) is 0 Å². The van der Waals surface area contributed by atoms with Crippen LogP contribution in [0.3, 0.4) is 0 Å². The number of piperazine rings is 1. The lowest BCUT2D eigenvalue weighted by Crippen LogP contribution is -2.50. The van der Waals surface area contributed by atoms with E-state index in [1.807, 2.05) is 42.5 Å². The molecule has 1 fully saturated rings. The molecule has 1 aliphatic rings. The van der Waals surface area contributed by atoms with E-state index in [1.165, 1.54) is 12.1 Å². The zero-order valence-corrected chi connectivity index (χ0v) is 17.5. The topological polar surface area (TPSA) is 122 Å². The predicted molar refractivity (Wildman–Crippen MR) is 122 cm³/mol. The van der Waals surface area contributed by atoms with Gasteiger partial charge in [0.1, 0.15) is 11.5 Å². The highest BCUT2D eigenvalue weighted by atomic mass is 16.6. The maximum Gasteiger partial charge on any atom is 0.322 e. The first-order chi connectivity index (χ1) is 16.1. The summed E-state index contributed by atoms with van der Waals surface area (Å²) in [5.41, 5.74) is 1.62. The number of nitro benzene ring substituents is 1. The van der Waals surface area contributed by atoms with Gasteiger partial charge in [0, 0.05) is 37.8 Å². The number of carbonyl (C=O) groups is 1. The number of benzene rings is 2. The molecule has 11 nitrogen and oxygen atoms in total. The van der Waals surface area contributed by atoms with E-state index in [0.717, 1.165) is 11.4 Å². The quantitative estimate of drug-likeness (QED) is 0.379. The maximum absolute atomic E-state index is 12.7. The van der Waals surface area contributed by atoms with Crippen LogP contribution in [0.25, 0.3) is 17.0 Å². The minimum Gasteiger partial charge on any atom is -0.352 e. The van der Waals surface area contributed by atoms with Gasteiger partial charge in [-0.15, -0.1) is 15.3 Å². The highest BCUT2D eigenvalue weighted by Crippen LogP contribution is 2.24. The average Bonchev–Trinajstić information content (AvgIpc) is 3.28. The van der Waals surface area contributed by atoms with E-state index in [-0.39, 0.29) is 17.4 Å². The molecule has 2 aromatic carbocycles. The Hall–Kier alpha value is -4.54. The lowest BCUT2D eigenvalue weighted by molar-refractivity contribution is -0.383. The van der Waals surface area contributed by atoms with Crippen LogP contribution in [0.4, 0.5) is 22.0 Å². The molecular formula is C22H20N8O3. The summed E-state index contributed by atoms with van der Waals surface area (Å²) < 4.78 is 1.72. The van der Waals surface area contributed by atoms with Gasteiger partial charge in [0.15, 0.2) is 11.5 Å². The van der Waals surface area contributed by atoms with Crippen molar-refractivity contribution in [3.8, 4) is 11.4 Å². The van der Waals surface area contributed by atoms with Crippen molar-refractivity contribution in [2.24, 2.45) is 0 Å². The summed E-state index contributed by atoms with van der Waals surface area (Å²) in [5.74, 6) is 1.42. The van der Waals surface area contributed by atoms with Crippen LogP contribution in [0.2, 0.25) is 0 Å². The number of hydrogen-bond acceptors (Lipinski definition) is 7. The van der Waals surface area contributed by atoms with E-state index < -0.39 is 4.92 Å². The van der Waals surface area contributed by atoms with Crippen molar-refractivity contribution in [2.45, 2.75) is 0 Å². The minimum absolute atomic E-state index is 0.134. The van der Waals surface area contributed by atoms with Gasteiger partial charge in [-0.05, 0) is 18.2 Å². The van der Waals surface area contributed by atoms with Crippen LogP contribution in [-0.4, -0.2) is 61.8 Å². The zero-order chi connectivity index (χ0) is 22.8. The Balaban J connectivity index is 1.28. The first-order valence-corrected chi connectivity index (χ1v) is 10.4. The largest absolute Gasteiger partial charge is 0.352 e. The summed E-state index contributed by atoms with van der Waals surface area (Å²) in [6, 6.07) is 19.2. The highest BCUT2D eigenvalue weighted by Gasteiger charge is 2.24. The van der Waals surface area contributed by atoms with Gasteiger partial charge in [-0.25, -0.2) is 4.79 Å². The summed E-state index contributed by atoms with van der Waals surface area (Å²) >= 11 is 0. The Labute approximate surface area is 188 Å². The number of anilines is 2. The van der Waals surface area contributed by atoms with Gasteiger partial charge in [0.05, 0.1) is 4.92 Å². The Morgan fingerprint density at radius 3 is 2.39 bits per heavy atom. The van der Waals surface area contributed by atoms with E-state index >= 15 is 0 Å². The van der Waals surface area contributed by atoms with Crippen molar-refractivity contribution < 1.29 is 9.72 Å². The van der Waals surface area contributed by atoms with Crippen molar-refractivity contribution >= 4 is 28.9 Å². The second-order valence-electron chi connectivity index (χ2n) is 7.53. The minimum atomic E-state index is -0.510. The van der Waals surface area contributed by atoms with Crippen LogP contribution in [0.5, 0.6) is 0 Å². The Bertz CT molecular complexity index is 1320. The monoisotopic (exact) mass is 444 g/mol. The van der Waals surface area contributed by atoms with Gasteiger partial charge in [0.2, 0.25) is 0 Å². The lowest BCUT2D eigenvalue weighted by Gasteiger charge is -2.35. The molecule has 0 saturated carbocycles. The average molecular weight is 444 g/mol. The zero-order valence-electron chi connectivity index (χ0n) is 17.5. The van der Waals surface area contributed by atoms with Gasteiger partial charge in [0.25, 0.3) is 5.69 Å². The van der Waals surface area contributed by atoms with Crippen LogP contribution in [0, 0.1) is 10.1 Å². The number of nitrogens with zero attached hydrogens (tertiary/aromatic N) is 7. The molecule has 4 aromatic rings. The third-order valence-electron chi connectivity index (χ3n) is 5.51. The molecule has 1 N–H and O–H groups in total. The molecule has 166 valence electrons. The summed E-state index contributed by atoms with van der Waals surface area (Å²) in [5, 5.41) is 27.0. The summed E-state index contributed by atoms with van der Waals surface area (Å²) in [6.45, 7) is 2.07. The molecule has 5 rings (SSSR count). The fourth-order valence-electron chi connectivity index (χ4n) is 3.79. The summed E-state index contributed by atoms with van der Waals surface area (Å²) in [4.78, 5) is 27.1. The fraction of sp³-hybridized carbons (Fsp3) is 0.182. The molecule has 2 amide bonds. The fourth-order valence-corrected chi connectivity index (χ4v) is 3.79. The number of urea groups is 1. The van der Waals surface area contributed by atoms with E-state index in [0.29, 0.717) is 37.7 Å². The van der Waals surface area contributed by atoms with Crippen LogP contribution in [0.15, 0.2) is 66.7 Å². The summed E-state index contributed by atoms with van der Waals surface area (Å²) in [6.07, 6.45) is 0. The smallest absolute Gasteiger partial charge is 0.322 e. The van der Waals surface area contributed by atoms with E-state index in [9.17, 15) is 14.9 Å². The molecule has 0 spiro atoms. The van der Waals surface area contributed by atoms with Gasteiger partial charge in [-0.1, -0.05) is 42.5 Å². The molecule has 11 heteroatoms. The molecule has 0 radical (unpaired) electrons. The number of nitrogens with one attached hydrogen (secondary N) is 1. The second-order valence-corrected chi connectivity index (χ2v) is 7.53. The number of rotatable bonds is 4. The molecule has 1 saturated heterocycles. The standard InChI is InChI=1S/C22H20N8O3/c31-22(23-17-8-4-5-9-18(17)30(32)33)28-14-12-27(13-15-28)20-11-10-19-24-25-21(29(19)26-20)16-6-2-1-3-7-16/h1-11H,12-15H2,(H,23,31). The van der Waals surface area contributed by atoms with Crippen LogP contribution >= 0.6 is 0 Å². The Morgan fingerprint density at radius 1 is 0.909 bits per heavy atom. The van der Waals surface area contributed by atoms with Crippen LogP contribution in [-0.2, 0) is 0 Å². The van der Waals surface area contributed by atoms with E-state index in [2.05, 4.69) is 20.4 Å².